The van der Waals surface area contributed by atoms with Gasteiger partial charge in [0.1, 0.15) is 11.6 Å². The largest absolute Gasteiger partial charge is 0.496 e. The molecule has 23 heavy (non-hydrogen) atoms. The Bertz CT molecular complexity index is 629. The number of aromatic nitrogens is 2. The van der Waals surface area contributed by atoms with Gasteiger partial charge in [-0.05, 0) is 44.7 Å². The molecular formula is C18H26N4O. The number of hydrogen-bond donors (Lipinski definition) is 2. The van der Waals surface area contributed by atoms with Gasteiger partial charge in [-0.1, -0.05) is 12.1 Å². The van der Waals surface area contributed by atoms with Crippen LogP contribution in [0.2, 0.25) is 0 Å². The Balaban J connectivity index is 1.67. The van der Waals surface area contributed by atoms with Crippen LogP contribution in [-0.2, 0) is 6.54 Å². The molecule has 3 rings (SSSR count). The minimum Gasteiger partial charge on any atom is -0.496 e. The van der Waals surface area contributed by atoms with E-state index < -0.39 is 0 Å². The topological polar surface area (TPSA) is 51.1 Å². The van der Waals surface area contributed by atoms with Gasteiger partial charge in [0.2, 0.25) is 0 Å². The van der Waals surface area contributed by atoms with E-state index in [-0.39, 0.29) is 0 Å². The number of hydrogen-bond acceptors (Lipinski definition) is 4. The van der Waals surface area contributed by atoms with Crippen LogP contribution >= 0.6 is 0 Å². The molecule has 0 spiro atoms. The van der Waals surface area contributed by atoms with Crippen LogP contribution in [-0.4, -0.2) is 28.7 Å². The number of nitrogens with one attached hydrogen (secondary N) is 2. The van der Waals surface area contributed by atoms with Crippen molar-refractivity contribution in [2.24, 2.45) is 5.92 Å². The maximum absolute atomic E-state index is 5.47. The Hall–Kier alpha value is -1.85. The first-order valence-electron chi connectivity index (χ1n) is 8.36. The first-order valence-corrected chi connectivity index (χ1v) is 8.36. The van der Waals surface area contributed by atoms with Gasteiger partial charge in [-0.25, -0.2) is 4.98 Å². The van der Waals surface area contributed by atoms with Crippen molar-refractivity contribution in [2.75, 3.05) is 7.11 Å². The number of para-hydroxylation sites is 1. The molecule has 5 heteroatoms. The summed E-state index contributed by atoms with van der Waals surface area (Å²) in [6.45, 7) is 5.47. The summed E-state index contributed by atoms with van der Waals surface area (Å²) in [6, 6.07) is 9.11. The van der Waals surface area contributed by atoms with Crippen molar-refractivity contribution in [3.63, 3.8) is 0 Å². The summed E-state index contributed by atoms with van der Waals surface area (Å²) in [6.07, 6.45) is 6.26. The monoisotopic (exact) mass is 314 g/mol. The van der Waals surface area contributed by atoms with Crippen molar-refractivity contribution in [2.45, 2.75) is 45.3 Å². The highest BCUT2D eigenvalue weighted by Crippen LogP contribution is 2.29. The molecule has 1 aromatic carbocycles. The minimum atomic E-state index is 0.529. The zero-order valence-corrected chi connectivity index (χ0v) is 14.1. The first kappa shape index (κ1) is 16.0. The lowest BCUT2D eigenvalue weighted by Crippen LogP contribution is -2.30. The molecule has 0 amide bonds. The predicted octanol–water partition coefficient (Wildman–Crippen LogP) is 2.84. The molecule has 2 atom stereocenters. The number of rotatable bonds is 6. The Morgan fingerprint density at radius 1 is 1.17 bits per heavy atom. The van der Waals surface area contributed by atoms with Crippen molar-refractivity contribution >= 4 is 0 Å². The van der Waals surface area contributed by atoms with Gasteiger partial charge in [-0.2, -0.15) is 0 Å². The maximum Gasteiger partial charge on any atom is 0.143 e. The lowest BCUT2D eigenvalue weighted by atomic mass is 9.92. The van der Waals surface area contributed by atoms with Crippen LogP contribution in [0.4, 0.5) is 0 Å². The Labute approximate surface area is 138 Å². The fraction of sp³-hybridized carbons (Fsp3) is 0.500. The van der Waals surface area contributed by atoms with Gasteiger partial charge in [0, 0.05) is 31.0 Å². The fourth-order valence-corrected chi connectivity index (χ4v) is 3.47. The first-order chi connectivity index (χ1) is 11.2. The average molecular weight is 314 g/mol. The van der Waals surface area contributed by atoms with Crippen LogP contribution in [0.1, 0.15) is 26.7 Å². The van der Waals surface area contributed by atoms with E-state index in [1.54, 1.807) is 7.11 Å². The summed E-state index contributed by atoms with van der Waals surface area (Å²) in [4.78, 5) is 4.53. The zero-order chi connectivity index (χ0) is 16.2. The van der Waals surface area contributed by atoms with E-state index in [0.29, 0.717) is 18.0 Å². The van der Waals surface area contributed by atoms with Crippen molar-refractivity contribution < 1.29 is 4.74 Å². The quantitative estimate of drug-likeness (QED) is 0.861. The van der Waals surface area contributed by atoms with Crippen LogP contribution in [0.25, 0.3) is 11.4 Å². The summed E-state index contributed by atoms with van der Waals surface area (Å²) < 4.78 is 7.69. The Kier molecular flexibility index (Phi) is 4.98. The van der Waals surface area contributed by atoms with Crippen LogP contribution in [0.15, 0.2) is 36.7 Å². The van der Waals surface area contributed by atoms with Crippen LogP contribution in [0.5, 0.6) is 5.75 Å². The number of imidazole rings is 1. The molecule has 1 aliphatic heterocycles. The SMILES string of the molecule is COc1ccccc1-c1nccn1CCCC1C(C)NNC1C. The van der Waals surface area contributed by atoms with E-state index in [1.807, 2.05) is 24.4 Å². The van der Waals surface area contributed by atoms with Crippen LogP contribution in [0, 0.1) is 5.92 Å². The minimum absolute atomic E-state index is 0.529. The number of ether oxygens (including phenoxy) is 1. The van der Waals surface area contributed by atoms with Gasteiger partial charge in [0.05, 0.1) is 12.7 Å². The molecular weight excluding hydrogens is 288 g/mol. The van der Waals surface area contributed by atoms with Gasteiger partial charge in [-0.3, -0.25) is 10.9 Å². The summed E-state index contributed by atoms with van der Waals surface area (Å²) in [5, 5.41) is 0. The van der Waals surface area contributed by atoms with E-state index in [4.69, 9.17) is 4.74 Å². The van der Waals surface area contributed by atoms with E-state index >= 15 is 0 Å². The second-order valence-electron chi connectivity index (χ2n) is 6.32. The highest BCUT2D eigenvalue weighted by atomic mass is 16.5. The van der Waals surface area contributed by atoms with Crippen molar-refractivity contribution in [1.29, 1.82) is 0 Å². The predicted molar refractivity (Wildman–Crippen MR) is 92.1 cm³/mol. The van der Waals surface area contributed by atoms with Crippen LogP contribution in [0.3, 0.4) is 0 Å². The van der Waals surface area contributed by atoms with Crippen LogP contribution < -0.4 is 15.6 Å². The van der Waals surface area contributed by atoms with Gasteiger partial charge in [0.25, 0.3) is 0 Å². The third kappa shape index (κ3) is 3.41. The molecule has 0 radical (unpaired) electrons. The summed E-state index contributed by atoms with van der Waals surface area (Å²) >= 11 is 0. The number of aryl methyl sites for hydroxylation is 1. The van der Waals surface area contributed by atoms with Gasteiger partial charge in [-0.15, -0.1) is 0 Å². The molecule has 2 unspecified atom stereocenters. The Morgan fingerprint density at radius 2 is 1.91 bits per heavy atom. The second kappa shape index (κ2) is 7.15. The standard InChI is InChI=1S/C18H26N4O/c1-13-15(14(2)21-20-13)8-6-11-22-12-10-19-18(22)16-7-4-5-9-17(16)23-3/h4-5,7,9-10,12-15,20-21H,6,8,11H2,1-3H3. The third-order valence-corrected chi connectivity index (χ3v) is 4.82. The molecule has 0 saturated carbocycles. The number of methoxy groups -OCH3 is 1. The molecule has 0 bridgehead atoms. The third-order valence-electron chi connectivity index (χ3n) is 4.82. The van der Waals surface area contributed by atoms with Gasteiger partial charge >= 0.3 is 0 Å². The van der Waals surface area contributed by atoms with E-state index in [1.165, 1.54) is 6.42 Å². The average Bonchev–Trinajstić information content (AvgIpc) is 3.16. The normalized spacial score (nSPS) is 24.0. The smallest absolute Gasteiger partial charge is 0.143 e. The van der Waals surface area contributed by atoms with Gasteiger partial charge < -0.3 is 9.30 Å². The number of benzene rings is 1. The highest BCUT2D eigenvalue weighted by molar-refractivity contribution is 5.64. The summed E-state index contributed by atoms with van der Waals surface area (Å²) in [7, 11) is 1.70. The van der Waals surface area contributed by atoms with E-state index in [0.717, 1.165) is 30.1 Å². The van der Waals surface area contributed by atoms with E-state index in [2.05, 4.69) is 46.5 Å². The van der Waals surface area contributed by atoms with Crippen molar-refractivity contribution in [3.05, 3.63) is 36.7 Å². The zero-order valence-electron chi connectivity index (χ0n) is 14.1. The molecule has 2 aromatic rings. The second-order valence-corrected chi connectivity index (χ2v) is 6.32. The van der Waals surface area contributed by atoms with E-state index in [9.17, 15) is 0 Å². The molecule has 2 heterocycles. The Morgan fingerprint density at radius 3 is 2.65 bits per heavy atom. The molecule has 1 saturated heterocycles. The summed E-state index contributed by atoms with van der Waals surface area (Å²) in [5.74, 6) is 2.52. The molecule has 1 fully saturated rings. The lowest BCUT2D eigenvalue weighted by molar-refractivity contribution is 0.389. The van der Waals surface area contributed by atoms with Crippen molar-refractivity contribution in [3.8, 4) is 17.1 Å². The van der Waals surface area contributed by atoms with Crippen molar-refractivity contribution in [1.82, 2.24) is 20.4 Å². The number of nitrogens with zero attached hydrogens (tertiary/aromatic N) is 2. The molecule has 5 nitrogen and oxygen atoms in total. The molecule has 1 aromatic heterocycles. The molecule has 124 valence electrons. The summed E-state index contributed by atoms with van der Waals surface area (Å²) in [5.41, 5.74) is 7.71. The molecule has 1 aliphatic rings. The maximum atomic E-state index is 5.47. The number of hydrazine groups is 1. The lowest BCUT2D eigenvalue weighted by Gasteiger charge is -2.18. The molecule has 0 aliphatic carbocycles. The fourth-order valence-electron chi connectivity index (χ4n) is 3.47. The molecule has 2 N–H and O–H groups in total. The highest BCUT2D eigenvalue weighted by Gasteiger charge is 2.28. The van der Waals surface area contributed by atoms with Gasteiger partial charge in [0.15, 0.2) is 0 Å².